The normalized spacial score (nSPS) is 12.2. The third kappa shape index (κ3) is 5.09. The molecular formula is C22H27NO4. The molecule has 5 nitrogen and oxygen atoms in total. The second kappa shape index (κ2) is 8.25. The SMILES string of the molecule is COC(=O)c1ccc(C)c(C(C(=O)OC(C)(C)C)N(C)c2ccccc2)c1. The fourth-order valence-electron chi connectivity index (χ4n) is 2.84. The Balaban J connectivity index is 2.55. The summed E-state index contributed by atoms with van der Waals surface area (Å²) in [5, 5.41) is 0. The summed E-state index contributed by atoms with van der Waals surface area (Å²) < 4.78 is 10.5. The average molecular weight is 369 g/mol. The summed E-state index contributed by atoms with van der Waals surface area (Å²) in [5.41, 5.74) is 2.24. The number of benzene rings is 2. The smallest absolute Gasteiger partial charge is 0.337 e. The number of para-hydroxylation sites is 1. The summed E-state index contributed by atoms with van der Waals surface area (Å²) in [5.74, 6) is -0.819. The van der Waals surface area contributed by atoms with Gasteiger partial charge in [0.05, 0.1) is 12.7 Å². The van der Waals surface area contributed by atoms with Crippen molar-refractivity contribution in [1.82, 2.24) is 0 Å². The minimum atomic E-state index is -0.698. The molecule has 2 rings (SSSR count). The van der Waals surface area contributed by atoms with Gasteiger partial charge in [0.25, 0.3) is 0 Å². The van der Waals surface area contributed by atoms with Crippen molar-refractivity contribution in [1.29, 1.82) is 0 Å². The van der Waals surface area contributed by atoms with Gasteiger partial charge in [-0.3, -0.25) is 0 Å². The highest BCUT2D eigenvalue weighted by Crippen LogP contribution is 2.31. The van der Waals surface area contributed by atoms with Crippen LogP contribution < -0.4 is 4.90 Å². The topological polar surface area (TPSA) is 55.8 Å². The van der Waals surface area contributed by atoms with Gasteiger partial charge in [0.2, 0.25) is 0 Å². The molecule has 0 saturated carbocycles. The molecule has 0 aliphatic rings. The number of aryl methyl sites for hydroxylation is 1. The van der Waals surface area contributed by atoms with Crippen LogP contribution >= 0.6 is 0 Å². The van der Waals surface area contributed by atoms with Crippen LogP contribution in [-0.4, -0.2) is 31.7 Å². The molecule has 0 aliphatic heterocycles. The molecule has 144 valence electrons. The molecule has 1 atom stereocenters. The molecule has 0 amide bonds. The van der Waals surface area contributed by atoms with Crippen molar-refractivity contribution in [2.45, 2.75) is 39.3 Å². The van der Waals surface area contributed by atoms with Gasteiger partial charge in [0.1, 0.15) is 5.60 Å². The number of esters is 2. The maximum atomic E-state index is 13.1. The zero-order valence-corrected chi connectivity index (χ0v) is 16.8. The third-order valence-electron chi connectivity index (χ3n) is 4.18. The summed E-state index contributed by atoms with van der Waals surface area (Å²) in [4.78, 5) is 26.9. The van der Waals surface area contributed by atoms with Crippen LogP contribution in [0.5, 0.6) is 0 Å². The van der Waals surface area contributed by atoms with Crippen molar-refractivity contribution in [2.75, 3.05) is 19.1 Å². The fraction of sp³-hybridized carbons (Fsp3) is 0.364. The van der Waals surface area contributed by atoms with Gasteiger partial charge in [-0.15, -0.1) is 0 Å². The number of rotatable bonds is 5. The molecule has 5 heteroatoms. The van der Waals surface area contributed by atoms with Crippen LogP contribution in [0.15, 0.2) is 48.5 Å². The molecular weight excluding hydrogens is 342 g/mol. The van der Waals surface area contributed by atoms with Crippen molar-refractivity contribution in [3.63, 3.8) is 0 Å². The minimum absolute atomic E-state index is 0.376. The van der Waals surface area contributed by atoms with E-state index >= 15 is 0 Å². The number of hydrogen-bond donors (Lipinski definition) is 0. The van der Waals surface area contributed by atoms with Gasteiger partial charge >= 0.3 is 11.9 Å². The Morgan fingerprint density at radius 1 is 1.04 bits per heavy atom. The van der Waals surface area contributed by atoms with Crippen LogP contribution in [0.25, 0.3) is 0 Å². The molecule has 0 heterocycles. The summed E-state index contributed by atoms with van der Waals surface area (Å²) in [6.07, 6.45) is 0. The summed E-state index contributed by atoms with van der Waals surface area (Å²) >= 11 is 0. The highest BCUT2D eigenvalue weighted by atomic mass is 16.6. The van der Waals surface area contributed by atoms with E-state index < -0.39 is 17.6 Å². The van der Waals surface area contributed by atoms with Crippen LogP contribution in [0.3, 0.4) is 0 Å². The Morgan fingerprint density at radius 3 is 2.22 bits per heavy atom. The van der Waals surface area contributed by atoms with Crippen LogP contribution in [0.2, 0.25) is 0 Å². The Hall–Kier alpha value is -2.82. The number of hydrogen-bond acceptors (Lipinski definition) is 5. The van der Waals surface area contributed by atoms with E-state index in [0.717, 1.165) is 11.3 Å². The quantitative estimate of drug-likeness (QED) is 0.736. The summed E-state index contributed by atoms with van der Waals surface area (Å²) in [6, 6.07) is 14.1. The van der Waals surface area contributed by atoms with Gasteiger partial charge in [-0.25, -0.2) is 9.59 Å². The van der Waals surface area contributed by atoms with Crippen LogP contribution in [-0.2, 0) is 14.3 Å². The minimum Gasteiger partial charge on any atom is -0.465 e. The Morgan fingerprint density at radius 2 is 1.67 bits per heavy atom. The van der Waals surface area contributed by atoms with E-state index in [2.05, 4.69) is 0 Å². The Labute approximate surface area is 160 Å². The predicted octanol–water partition coefficient (Wildman–Crippen LogP) is 4.30. The summed E-state index contributed by atoms with van der Waals surface area (Å²) in [7, 11) is 3.18. The molecule has 0 aliphatic carbocycles. The molecule has 0 bridgehead atoms. The standard InChI is InChI=1S/C22H27NO4/c1-15-12-13-16(20(24)26-6)14-18(15)19(21(25)27-22(2,3)4)23(5)17-10-8-7-9-11-17/h7-14,19H,1-6H3. The lowest BCUT2D eigenvalue weighted by Crippen LogP contribution is -2.36. The van der Waals surface area contributed by atoms with E-state index in [4.69, 9.17) is 9.47 Å². The Bertz CT molecular complexity index is 809. The maximum Gasteiger partial charge on any atom is 0.337 e. The van der Waals surface area contributed by atoms with E-state index in [1.807, 2.05) is 76.0 Å². The number of likely N-dealkylation sites (N-methyl/N-ethyl adjacent to an activating group) is 1. The number of carbonyl (C=O) groups excluding carboxylic acids is 2. The van der Waals surface area contributed by atoms with E-state index in [1.165, 1.54) is 7.11 Å². The average Bonchev–Trinajstić information content (AvgIpc) is 2.62. The number of ether oxygens (including phenoxy) is 2. The van der Waals surface area contributed by atoms with Gasteiger partial charge in [-0.1, -0.05) is 24.3 Å². The molecule has 0 fully saturated rings. The fourth-order valence-corrected chi connectivity index (χ4v) is 2.84. The van der Waals surface area contributed by atoms with Gasteiger partial charge in [0, 0.05) is 12.7 Å². The van der Waals surface area contributed by atoms with Crippen LogP contribution in [0.1, 0.15) is 48.3 Å². The van der Waals surface area contributed by atoms with Crippen molar-refractivity contribution < 1.29 is 19.1 Å². The van der Waals surface area contributed by atoms with Gasteiger partial charge < -0.3 is 14.4 Å². The molecule has 0 saturated heterocycles. The molecule has 0 spiro atoms. The Kier molecular flexibility index (Phi) is 6.26. The molecule has 27 heavy (non-hydrogen) atoms. The van der Waals surface area contributed by atoms with Crippen LogP contribution in [0.4, 0.5) is 5.69 Å². The lowest BCUT2D eigenvalue weighted by Gasteiger charge is -2.32. The lowest BCUT2D eigenvalue weighted by molar-refractivity contribution is -0.156. The zero-order chi connectivity index (χ0) is 20.2. The first kappa shape index (κ1) is 20.5. The first-order valence-corrected chi connectivity index (χ1v) is 8.83. The number of carbonyl (C=O) groups is 2. The van der Waals surface area contributed by atoms with Gasteiger partial charge in [-0.05, 0) is 63.1 Å². The van der Waals surface area contributed by atoms with Crippen molar-refractivity contribution in [3.05, 3.63) is 65.2 Å². The lowest BCUT2D eigenvalue weighted by atomic mass is 9.96. The van der Waals surface area contributed by atoms with E-state index in [9.17, 15) is 9.59 Å². The number of methoxy groups -OCH3 is 1. The monoisotopic (exact) mass is 369 g/mol. The van der Waals surface area contributed by atoms with Crippen molar-refractivity contribution >= 4 is 17.6 Å². The van der Waals surface area contributed by atoms with Crippen molar-refractivity contribution in [2.24, 2.45) is 0 Å². The second-order valence-electron chi connectivity index (χ2n) is 7.45. The third-order valence-corrected chi connectivity index (χ3v) is 4.18. The zero-order valence-electron chi connectivity index (χ0n) is 16.8. The largest absolute Gasteiger partial charge is 0.465 e. The molecule has 0 radical (unpaired) electrons. The van der Waals surface area contributed by atoms with Crippen molar-refractivity contribution in [3.8, 4) is 0 Å². The molecule has 0 N–H and O–H groups in total. The first-order chi connectivity index (χ1) is 12.6. The second-order valence-corrected chi connectivity index (χ2v) is 7.45. The van der Waals surface area contributed by atoms with Gasteiger partial charge in [0.15, 0.2) is 6.04 Å². The predicted molar refractivity (Wildman–Crippen MR) is 106 cm³/mol. The van der Waals surface area contributed by atoms with E-state index in [1.54, 1.807) is 12.1 Å². The molecule has 2 aromatic rings. The maximum absolute atomic E-state index is 13.1. The summed E-state index contributed by atoms with van der Waals surface area (Å²) in [6.45, 7) is 7.42. The molecule has 2 aromatic carbocycles. The van der Waals surface area contributed by atoms with E-state index in [-0.39, 0.29) is 5.97 Å². The highest BCUT2D eigenvalue weighted by molar-refractivity contribution is 5.91. The highest BCUT2D eigenvalue weighted by Gasteiger charge is 2.32. The first-order valence-electron chi connectivity index (χ1n) is 8.83. The van der Waals surface area contributed by atoms with Gasteiger partial charge in [-0.2, -0.15) is 0 Å². The van der Waals surface area contributed by atoms with Crippen LogP contribution in [0, 0.1) is 6.92 Å². The van der Waals surface area contributed by atoms with E-state index in [0.29, 0.717) is 11.1 Å². The number of nitrogens with zero attached hydrogens (tertiary/aromatic N) is 1. The number of anilines is 1. The molecule has 0 aromatic heterocycles. The molecule has 1 unspecified atom stereocenters.